The van der Waals surface area contributed by atoms with E-state index in [4.69, 9.17) is 9.15 Å². The van der Waals surface area contributed by atoms with E-state index in [1.807, 2.05) is 30.9 Å². The average Bonchev–Trinajstić information content (AvgIpc) is 3.17. The predicted molar refractivity (Wildman–Crippen MR) is 100 cm³/mol. The molecular formula is C20H25N3O4. The van der Waals surface area contributed by atoms with Gasteiger partial charge in [-0.25, -0.2) is 4.79 Å². The molecule has 2 aromatic rings. The summed E-state index contributed by atoms with van der Waals surface area (Å²) in [5.74, 6) is 0.00867. The van der Waals surface area contributed by atoms with Gasteiger partial charge in [-0.3, -0.25) is 4.79 Å². The van der Waals surface area contributed by atoms with E-state index in [1.165, 1.54) is 0 Å². The van der Waals surface area contributed by atoms with Gasteiger partial charge in [-0.05, 0) is 37.6 Å². The SMILES string of the molecule is C[C@H]1CN(C(=O)c2ccc(CNC(=O)NCc3ccoc3)cc2)C[C@H](C)O1. The quantitative estimate of drug-likeness (QED) is 0.846. The molecule has 0 bridgehead atoms. The normalized spacial score (nSPS) is 19.6. The van der Waals surface area contributed by atoms with Gasteiger partial charge in [0, 0.05) is 37.3 Å². The third-order valence-electron chi connectivity index (χ3n) is 4.39. The molecule has 1 aliphatic rings. The second-order valence-electron chi connectivity index (χ2n) is 6.83. The smallest absolute Gasteiger partial charge is 0.315 e. The molecule has 7 heteroatoms. The number of nitrogens with one attached hydrogen (secondary N) is 2. The lowest BCUT2D eigenvalue weighted by atomic mass is 10.1. The van der Waals surface area contributed by atoms with Crippen LogP contribution >= 0.6 is 0 Å². The Balaban J connectivity index is 1.48. The molecule has 0 saturated carbocycles. The van der Waals surface area contributed by atoms with Gasteiger partial charge in [-0.15, -0.1) is 0 Å². The van der Waals surface area contributed by atoms with Crippen molar-refractivity contribution in [2.24, 2.45) is 0 Å². The minimum absolute atomic E-state index is 0.00867. The van der Waals surface area contributed by atoms with E-state index in [1.54, 1.807) is 30.7 Å². The molecule has 2 N–H and O–H groups in total. The molecule has 0 radical (unpaired) electrons. The van der Waals surface area contributed by atoms with E-state index in [2.05, 4.69) is 10.6 Å². The Bertz CT molecular complexity index is 748. The number of furan rings is 1. The van der Waals surface area contributed by atoms with Crippen LogP contribution in [0.1, 0.15) is 35.3 Å². The summed E-state index contributed by atoms with van der Waals surface area (Å²) in [6, 6.07) is 8.86. The Hall–Kier alpha value is -2.80. The summed E-state index contributed by atoms with van der Waals surface area (Å²) in [7, 11) is 0. The van der Waals surface area contributed by atoms with Crippen LogP contribution in [0.15, 0.2) is 47.3 Å². The number of ether oxygens (including phenoxy) is 1. The number of benzene rings is 1. The molecule has 144 valence electrons. The van der Waals surface area contributed by atoms with Crippen LogP contribution in [0.2, 0.25) is 0 Å². The molecule has 0 spiro atoms. The van der Waals surface area contributed by atoms with Gasteiger partial charge in [0.1, 0.15) is 0 Å². The Labute approximate surface area is 158 Å². The predicted octanol–water partition coefficient (Wildman–Crippen LogP) is 2.53. The van der Waals surface area contributed by atoms with E-state index < -0.39 is 0 Å². The van der Waals surface area contributed by atoms with E-state index in [0.717, 1.165) is 11.1 Å². The van der Waals surface area contributed by atoms with E-state index >= 15 is 0 Å². The number of urea groups is 1. The highest BCUT2D eigenvalue weighted by Gasteiger charge is 2.26. The molecule has 1 saturated heterocycles. The van der Waals surface area contributed by atoms with Crippen molar-refractivity contribution in [3.8, 4) is 0 Å². The lowest BCUT2D eigenvalue weighted by Crippen LogP contribution is -2.48. The van der Waals surface area contributed by atoms with Gasteiger partial charge >= 0.3 is 6.03 Å². The summed E-state index contributed by atoms with van der Waals surface area (Å²) in [4.78, 5) is 26.3. The van der Waals surface area contributed by atoms with Crippen LogP contribution in [0, 0.1) is 0 Å². The molecule has 2 atom stereocenters. The number of carbonyl (C=O) groups is 2. The Morgan fingerprint density at radius 2 is 1.63 bits per heavy atom. The van der Waals surface area contributed by atoms with E-state index in [0.29, 0.717) is 31.7 Å². The third kappa shape index (κ3) is 5.34. The van der Waals surface area contributed by atoms with Crippen LogP contribution in [0.4, 0.5) is 4.79 Å². The summed E-state index contributed by atoms with van der Waals surface area (Å²) in [6.07, 6.45) is 3.24. The first-order valence-electron chi connectivity index (χ1n) is 9.07. The van der Waals surface area contributed by atoms with Crippen LogP contribution in [-0.2, 0) is 17.8 Å². The number of carbonyl (C=O) groups excluding carboxylic acids is 2. The van der Waals surface area contributed by atoms with E-state index in [9.17, 15) is 9.59 Å². The number of rotatable bonds is 5. The van der Waals surface area contributed by atoms with Crippen LogP contribution in [0.3, 0.4) is 0 Å². The summed E-state index contributed by atoms with van der Waals surface area (Å²) < 4.78 is 10.6. The Morgan fingerprint density at radius 3 is 2.22 bits per heavy atom. The molecule has 1 aromatic carbocycles. The Kier molecular flexibility index (Phi) is 6.13. The second-order valence-corrected chi connectivity index (χ2v) is 6.83. The summed E-state index contributed by atoms with van der Waals surface area (Å²) >= 11 is 0. The zero-order valence-corrected chi connectivity index (χ0v) is 15.6. The minimum atomic E-state index is -0.257. The third-order valence-corrected chi connectivity index (χ3v) is 4.39. The zero-order valence-electron chi connectivity index (χ0n) is 15.6. The van der Waals surface area contributed by atoms with Crippen molar-refractivity contribution in [3.05, 3.63) is 59.5 Å². The molecular weight excluding hydrogens is 346 g/mol. The molecule has 1 fully saturated rings. The largest absolute Gasteiger partial charge is 0.472 e. The first-order chi connectivity index (χ1) is 13.0. The van der Waals surface area contributed by atoms with Crippen molar-refractivity contribution in [1.82, 2.24) is 15.5 Å². The molecule has 0 unspecified atom stereocenters. The molecule has 7 nitrogen and oxygen atoms in total. The lowest BCUT2D eigenvalue weighted by molar-refractivity contribution is -0.0586. The molecule has 0 aliphatic carbocycles. The lowest BCUT2D eigenvalue weighted by Gasteiger charge is -2.35. The fourth-order valence-electron chi connectivity index (χ4n) is 3.11. The number of morpholine rings is 1. The molecule has 1 aliphatic heterocycles. The maximum atomic E-state index is 12.6. The van der Waals surface area contributed by atoms with Gasteiger partial charge in [-0.1, -0.05) is 12.1 Å². The van der Waals surface area contributed by atoms with Gasteiger partial charge in [0.2, 0.25) is 0 Å². The number of hydrogen-bond donors (Lipinski definition) is 2. The summed E-state index contributed by atoms with van der Waals surface area (Å²) in [5.41, 5.74) is 2.47. The standard InChI is InChI=1S/C20H25N3O4/c1-14-11-23(12-15(2)27-14)19(24)18-5-3-16(4-6-18)9-21-20(25)22-10-17-7-8-26-13-17/h3-8,13-15H,9-12H2,1-2H3,(H2,21,22,25)/t14-,15-/m0/s1. The highest BCUT2D eigenvalue weighted by Crippen LogP contribution is 2.15. The fourth-order valence-corrected chi connectivity index (χ4v) is 3.11. The van der Waals surface area contributed by atoms with Gasteiger partial charge in [-0.2, -0.15) is 0 Å². The molecule has 3 amide bonds. The Morgan fingerprint density at radius 1 is 1.00 bits per heavy atom. The molecule has 2 heterocycles. The first kappa shape index (κ1) is 19.0. The van der Waals surface area contributed by atoms with Crippen LogP contribution in [0.5, 0.6) is 0 Å². The van der Waals surface area contributed by atoms with Crippen molar-refractivity contribution in [2.75, 3.05) is 13.1 Å². The van der Waals surface area contributed by atoms with Gasteiger partial charge < -0.3 is 24.7 Å². The average molecular weight is 371 g/mol. The number of nitrogens with zero attached hydrogens (tertiary/aromatic N) is 1. The summed E-state index contributed by atoms with van der Waals surface area (Å²) in [5, 5.41) is 5.55. The van der Waals surface area contributed by atoms with Crippen molar-refractivity contribution in [1.29, 1.82) is 0 Å². The second kappa shape index (κ2) is 8.73. The summed E-state index contributed by atoms with van der Waals surface area (Å²) in [6.45, 7) is 5.95. The van der Waals surface area contributed by atoms with Crippen LogP contribution in [0.25, 0.3) is 0 Å². The molecule has 27 heavy (non-hydrogen) atoms. The highest BCUT2D eigenvalue weighted by atomic mass is 16.5. The van der Waals surface area contributed by atoms with Crippen LogP contribution in [-0.4, -0.2) is 42.1 Å². The van der Waals surface area contributed by atoms with Crippen molar-refractivity contribution in [3.63, 3.8) is 0 Å². The van der Waals surface area contributed by atoms with Gasteiger partial charge in [0.25, 0.3) is 5.91 Å². The van der Waals surface area contributed by atoms with E-state index in [-0.39, 0.29) is 24.1 Å². The highest BCUT2D eigenvalue weighted by molar-refractivity contribution is 5.94. The minimum Gasteiger partial charge on any atom is -0.472 e. The van der Waals surface area contributed by atoms with Crippen molar-refractivity contribution in [2.45, 2.75) is 39.1 Å². The van der Waals surface area contributed by atoms with Gasteiger partial charge in [0.05, 0.1) is 24.7 Å². The van der Waals surface area contributed by atoms with Gasteiger partial charge in [0.15, 0.2) is 0 Å². The molecule has 1 aromatic heterocycles. The fraction of sp³-hybridized carbons (Fsp3) is 0.400. The van der Waals surface area contributed by atoms with Crippen molar-refractivity contribution < 1.29 is 18.7 Å². The number of hydrogen-bond acceptors (Lipinski definition) is 4. The van der Waals surface area contributed by atoms with Crippen molar-refractivity contribution >= 4 is 11.9 Å². The first-order valence-corrected chi connectivity index (χ1v) is 9.07. The zero-order chi connectivity index (χ0) is 19.2. The maximum absolute atomic E-state index is 12.6. The maximum Gasteiger partial charge on any atom is 0.315 e. The molecule has 3 rings (SSSR count). The topological polar surface area (TPSA) is 83.8 Å². The van der Waals surface area contributed by atoms with Crippen LogP contribution < -0.4 is 10.6 Å². The monoisotopic (exact) mass is 371 g/mol. The number of amides is 3.